The number of aromatic nitrogens is 2. The maximum Gasteiger partial charge on any atom is 0.146 e. The van der Waals surface area contributed by atoms with Crippen molar-refractivity contribution in [3.63, 3.8) is 0 Å². The summed E-state index contributed by atoms with van der Waals surface area (Å²) in [5.74, 6) is -0.256. The van der Waals surface area contributed by atoms with Crippen LogP contribution in [0.3, 0.4) is 0 Å². The molecule has 0 atom stereocenters. The maximum absolute atomic E-state index is 13.8. The zero-order chi connectivity index (χ0) is 13.3. The minimum absolute atomic E-state index is 0.0398. The van der Waals surface area contributed by atoms with Crippen LogP contribution in [0.15, 0.2) is 18.2 Å². The minimum atomic E-state index is -0.612. The number of methoxy groups -OCH3 is 1. The third-order valence-electron chi connectivity index (χ3n) is 2.63. The van der Waals surface area contributed by atoms with E-state index in [-0.39, 0.29) is 5.56 Å². The van der Waals surface area contributed by atoms with E-state index >= 15 is 0 Å². The molecule has 0 saturated carbocycles. The summed E-state index contributed by atoms with van der Waals surface area (Å²) in [7, 11) is 1.45. The topological polar surface area (TPSA) is 50.8 Å². The molecule has 0 saturated heterocycles. The number of ether oxygens (including phenoxy) is 1. The molecule has 0 radical (unpaired) electrons. The van der Waals surface area contributed by atoms with Crippen molar-refractivity contribution in [1.29, 1.82) is 5.26 Å². The van der Waals surface area contributed by atoms with Crippen LogP contribution in [-0.4, -0.2) is 16.9 Å². The third kappa shape index (κ3) is 1.93. The van der Waals surface area contributed by atoms with Crippen molar-refractivity contribution in [3.05, 3.63) is 41.0 Å². The lowest BCUT2D eigenvalue weighted by molar-refractivity contribution is 0.410. The number of hydrogen-bond donors (Lipinski definition) is 0. The van der Waals surface area contributed by atoms with Crippen LogP contribution < -0.4 is 4.74 Å². The summed E-state index contributed by atoms with van der Waals surface area (Å²) >= 11 is 0. The van der Waals surface area contributed by atoms with E-state index in [1.807, 2.05) is 26.0 Å². The van der Waals surface area contributed by atoms with Gasteiger partial charge in [0, 0.05) is 17.8 Å². The van der Waals surface area contributed by atoms with Gasteiger partial charge < -0.3 is 4.74 Å². The van der Waals surface area contributed by atoms with E-state index in [1.165, 1.54) is 13.2 Å². The molecule has 4 nitrogen and oxygen atoms in total. The molecule has 0 aliphatic heterocycles. The SMILES string of the molecule is COc1cc(F)c(C#N)c(-n2nc(C)cc2C)c1. The first kappa shape index (κ1) is 12.1. The fraction of sp³-hybridized carbons (Fsp3) is 0.231. The minimum Gasteiger partial charge on any atom is -0.497 e. The molecule has 1 aromatic heterocycles. The first-order chi connectivity index (χ1) is 8.56. The maximum atomic E-state index is 13.8. The van der Waals surface area contributed by atoms with Gasteiger partial charge in [-0.2, -0.15) is 10.4 Å². The zero-order valence-corrected chi connectivity index (χ0v) is 10.4. The second-order valence-corrected chi connectivity index (χ2v) is 3.95. The van der Waals surface area contributed by atoms with Gasteiger partial charge in [-0.1, -0.05) is 0 Å². The van der Waals surface area contributed by atoms with Gasteiger partial charge in [0.2, 0.25) is 0 Å². The van der Waals surface area contributed by atoms with Gasteiger partial charge in [-0.3, -0.25) is 0 Å². The number of hydrogen-bond acceptors (Lipinski definition) is 3. The van der Waals surface area contributed by atoms with E-state index in [1.54, 1.807) is 10.7 Å². The van der Waals surface area contributed by atoms with Crippen molar-refractivity contribution in [2.75, 3.05) is 7.11 Å². The van der Waals surface area contributed by atoms with Gasteiger partial charge >= 0.3 is 0 Å². The van der Waals surface area contributed by atoms with Crippen molar-refractivity contribution in [3.8, 4) is 17.5 Å². The molecule has 0 aliphatic rings. The lowest BCUT2D eigenvalue weighted by Gasteiger charge is -2.09. The molecule has 1 aromatic carbocycles. The number of aryl methyl sites for hydroxylation is 2. The van der Waals surface area contributed by atoms with Crippen LogP contribution >= 0.6 is 0 Å². The Labute approximate surface area is 104 Å². The highest BCUT2D eigenvalue weighted by Crippen LogP contribution is 2.25. The monoisotopic (exact) mass is 245 g/mol. The summed E-state index contributed by atoms with van der Waals surface area (Å²) in [5.41, 5.74) is 1.98. The largest absolute Gasteiger partial charge is 0.497 e. The highest BCUT2D eigenvalue weighted by atomic mass is 19.1. The standard InChI is InChI=1S/C13H12FN3O/c1-8-4-9(2)17(16-8)13-6-10(18-3)5-12(14)11(13)7-15/h4-6H,1-3H3. The Balaban J connectivity index is 2.73. The van der Waals surface area contributed by atoms with Crippen LogP contribution in [0.2, 0.25) is 0 Å². The Bertz CT molecular complexity index is 640. The second kappa shape index (κ2) is 4.49. The van der Waals surface area contributed by atoms with Crippen LogP contribution in [0.25, 0.3) is 5.69 Å². The lowest BCUT2D eigenvalue weighted by atomic mass is 10.1. The van der Waals surface area contributed by atoms with Crippen LogP contribution in [0, 0.1) is 31.0 Å². The number of benzene rings is 1. The Morgan fingerprint density at radius 3 is 2.56 bits per heavy atom. The van der Waals surface area contributed by atoms with Crippen LogP contribution in [0.4, 0.5) is 4.39 Å². The van der Waals surface area contributed by atoms with Crippen molar-refractivity contribution < 1.29 is 9.13 Å². The summed E-state index contributed by atoms with van der Waals surface area (Å²) in [4.78, 5) is 0. The van der Waals surface area contributed by atoms with Gasteiger partial charge in [0.1, 0.15) is 23.2 Å². The molecule has 0 fully saturated rings. The average molecular weight is 245 g/mol. The molecule has 0 unspecified atom stereocenters. The molecule has 92 valence electrons. The molecule has 1 heterocycles. The Hall–Kier alpha value is -2.35. The number of nitriles is 1. The van der Waals surface area contributed by atoms with E-state index in [4.69, 9.17) is 10.00 Å². The fourth-order valence-corrected chi connectivity index (χ4v) is 1.84. The van der Waals surface area contributed by atoms with Crippen molar-refractivity contribution >= 4 is 0 Å². The Kier molecular flexibility index (Phi) is 3.02. The third-order valence-corrected chi connectivity index (χ3v) is 2.63. The smallest absolute Gasteiger partial charge is 0.146 e. The van der Waals surface area contributed by atoms with Gasteiger partial charge in [-0.05, 0) is 19.9 Å². The summed E-state index contributed by atoms with van der Waals surface area (Å²) < 4.78 is 20.3. The molecule has 18 heavy (non-hydrogen) atoms. The van der Waals surface area contributed by atoms with Gasteiger partial charge in [-0.25, -0.2) is 9.07 Å². The first-order valence-electron chi connectivity index (χ1n) is 5.38. The Morgan fingerprint density at radius 1 is 1.33 bits per heavy atom. The zero-order valence-electron chi connectivity index (χ0n) is 10.4. The van der Waals surface area contributed by atoms with E-state index in [0.29, 0.717) is 11.4 Å². The van der Waals surface area contributed by atoms with Crippen LogP contribution in [0.1, 0.15) is 17.0 Å². The average Bonchev–Trinajstić information content (AvgIpc) is 2.67. The van der Waals surface area contributed by atoms with Gasteiger partial charge in [0.25, 0.3) is 0 Å². The van der Waals surface area contributed by atoms with Crippen molar-refractivity contribution in [1.82, 2.24) is 9.78 Å². The summed E-state index contributed by atoms with van der Waals surface area (Å²) in [6.07, 6.45) is 0. The molecule has 0 aliphatic carbocycles. The van der Waals surface area contributed by atoms with Crippen LogP contribution in [-0.2, 0) is 0 Å². The predicted molar refractivity (Wildman–Crippen MR) is 64.3 cm³/mol. The summed E-state index contributed by atoms with van der Waals surface area (Å²) in [5, 5.41) is 13.3. The molecule has 2 aromatic rings. The number of halogens is 1. The first-order valence-corrected chi connectivity index (χ1v) is 5.38. The number of nitrogens with zero attached hydrogens (tertiary/aromatic N) is 3. The molecule has 2 rings (SSSR count). The molecule has 0 amide bonds. The van der Waals surface area contributed by atoms with Gasteiger partial charge in [0.15, 0.2) is 0 Å². The lowest BCUT2D eigenvalue weighted by Crippen LogP contribution is -2.04. The molecule has 0 N–H and O–H groups in total. The fourth-order valence-electron chi connectivity index (χ4n) is 1.84. The molecule has 5 heteroatoms. The van der Waals surface area contributed by atoms with Crippen molar-refractivity contribution in [2.45, 2.75) is 13.8 Å². The molecule has 0 spiro atoms. The van der Waals surface area contributed by atoms with E-state index in [2.05, 4.69) is 5.10 Å². The summed E-state index contributed by atoms with van der Waals surface area (Å²) in [6.45, 7) is 3.69. The molecule has 0 bridgehead atoms. The second-order valence-electron chi connectivity index (χ2n) is 3.95. The quantitative estimate of drug-likeness (QED) is 0.816. The molecular formula is C13H12FN3O. The van der Waals surface area contributed by atoms with E-state index in [0.717, 1.165) is 11.4 Å². The Morgan fingerprint density at radius 2 is 2.06 bits per heavy atom. The van der Waals surface area contributed by atoms with Gasteiger partial charge in [-0.15, -0.1) is 0 Å². The highest BCUT2D eigenvalue weighted by Gasteiger charge is 2.15. The highest BCUT2D eigenvalue weighted by molar-refractivity contribution is 5.53. The van der Waals surface area contributed by atoms with Crippen LogP contribution in [0.5, 0.6) is 5.75 Å². The van der Waals surface area contributed by atoms with E-state index in [9.17, 15) is 4.39 Å². The summed E-state index contributed by atoms with van der Waals surface area (Å²) in [6, 6.07) is 6.50. The predicted octanol–water partition coefficient (Wildman–Crippen LogP) is 2.51. The van der Waals surface area contributed by atoms with E-state index < -0.39 is 5.82 Å². The molecular weight excluding hydrogens is 233 g/mol. The van der Waals surface area contributed by atoms with Crippen molar-refractivity contribution in [2.24, 2.45) is 0 Å². The van der Waals surface area contributed by atoms with Gasteiger partial charge in [0.05, 0.1) is 18.5 Å². The number of rotatable bonds is 2. The normalized spacial score (nSPS) is 10.2.